The highest BCUT2D eigenvalue weighted by molar-refractivity contribution is 5.67. The molecule has 0 heterocycles. The molecule has 15 heavy (non-hydrogen) atoms. The fourth-order valence-corrected chi connectivity index (χ4v) is 1.38. The molecule has 0 aliphatic carbocycles. The first-order valence-corrected chi connectivity index (χ1v) is 4.69. The summed E-state index contributed by atoms with van der Waals surface area (Å²) in [6.45, 7) is 1.33. The van der Waals surface area contributed by atoms with Crippen molar-refractivity contribution in [2.45, 2.75) is 25.9 Å². The van der Waals surface area contributed by atoms with Crippen molar-refractivity contribution in [3.63, 3.8) is 0 Å². The molecule has 0 aliphatic heterocycles. The molecule has 1 atom stereocenters. The fraction of sp³-hybridized carbons (Fsp3) is 0.364. The third-order valence-corrected chi connectivity index (χ3v) is 2.19. The number of phenolic OH excluding ortho intramolecular Hbond substituents is 1. The largest absolute Gasteiger partial charge is 0.507 e. The summed E-state index contributed by atoms with van der Waals surface area (Å²) in [6.07, 6.45) is -1.12. The lowest BCUT2D eigenvalue weighted by molar-refractivity contribution is -0.136. The van der Waals surface area contributed by atoms with Crippen LogP contribution in [0.3, 0.4) is 0 Å². The molecule has 0 bridgehead atoms. The molecule has 0 aliphatic rings. The molecule has 0 saturated carbocycles. The Bertz CT molecular complexity index is 361. The van der Waals surface area contributed by atoms with Gasteiger partial charge in [0.2, 0.25) is 0 Å². The van der Waals surface area contributed by atoms with Gasteiger partial charge in [-0.25, -0.2) is 4.39 Å². The van der Waals surface area contributed by atoms with E-state index in [-0.39, 0.29) is 24.2 Å². The van der Waals surface area contributed by atoms with Crippen molar-refractivity contribution in [2.24, 2.45) is 0 Å². The second-order valence-corrected chi connectivity index (χ2v) is 3.36. The molecule has 0 spiro atoms. The second kappa shape index (κ2) is 4.77. The number of carboxylic acids is 1. The monoisotopic (exact) mass is 212 g/mol. The predicted molar refractivity (Wildman–Crippen MR) is 53.6 cm³/mol. The topological polar surface area (TPSA) is 57.5 Å². The first-order chi connectivity index (χ1) is 7.02. The number of alkyl halides is 1. The maximum absolute atomic E-state index is 13.0. The number of para-hydroxylation sites is 1. The fourth-order valence-electron chi connectivity index (χ4n) is 1.38. The molecule has 1 aromatic carbocycles. The molecular formula is C11H13FO3. The van der Waals surface area contributed by atoms with Gasteiger partial charge in [0.1, 0.15) is 11.9 Å². The predicted octanol–water partition coefficient (Wildman–Crippen LogP) is 2.44. The number of aliphatic carboxylic acids is 1. The van der Waals surface area contributed by atoms with E-state index in [1.54, 1.807) is 12.1 Å². The Morgan fingerprint density at radius 1 is 1.53 bits per heavy atom. The highest BCUT2D eigenvalue weighted by Gasteiger charge is 2.12. The van der Waals surface area contributed by atoms with Crippen molar-refractivity contribution in [3.05, 3.63) is 29.3 Å². The maximum atomic E-state index is 13.0. The minimum Gasteiger partial charge on any atom is -0.507 e. The van der Waals surface area contributed by atoms with Gasteiger partial charge < -0.3 is 10.2 Å². The molecule has 3 nitrogen and oxygen atoms in total. The Morgan fingerprint density at radius 2 is 2.20 bits per heavy atom. The van der Waals surface area contributed by atoms with Gasteiger partial charge in [0.15, 0.2) is 0 Å². The summed E-state index contributed by atoms with van der Waals surface area (Å²) in [6, 6.07) is 4.71. The quantitative estimate of drug-likeness (QED) is 0.805. The SMILES string of the molecule is CC(F)c1cccc(CCC(=O)O)c1O. The van der Waals surface area contributed by atoms with E-state index in [4.69, 9.17) is 5.11 Å². The summed E-state index contributed by atoms with van der Waals surface area (Å²) in [5.74, 6) is -1.07. The Kier molecular flexibility index (Phi) is 3.66. The lowest BCUT2D eigenvalue weighted by atomic mass is 10.0. The summed E-state index contributed by atoms with van der Waals surface area (Å²) in [5, 5.41) is 18.1. The molecule has 0 saturated heterocycles. The number of carbonyl (C=O) groups is 1. The smallest absolute Gasteiger partial charge is 0.303 e. The number of halogens is 1. The molecule has 0 amide bonds. The van der Waals surface area contributed by atoms with Crippen molar-refractivity contribution < 1.29 is 19.4 Å². The van der Waals surface area contributed by atoms with Gasteiger partial charge >= 0.3 is 5.97 Å². The van der Waals surface area contributed by atoms with Crippen molar-refractivity contribution in [2.75, 3.05) is 0 Å². The van der Waals surface area contributed by atoms with Crippen LogP contribution in [-0.4, -0.2) is 16.2 Å². The van der Waals surface area contributed by atoms with Gasteiger partial charge in [0.05, 0.1) is 0 Å². The first-order valence-electron chi connectivity index (χ1n) is 4.69. The van der Waals surface area contributed by atoms with E-state index >= 15 is 0 Å². The maximum Gasteiger partial charge on any atom is 0.303 e. The van der Waals surface area contributed by atoms with Gasteiger partial charge in [-0.1, -0.05) is 18.2 Å². The summed E-state index contributed by atoms with van der Waals surface area (Å²) >= 11 is 0. The second-order valence-electron chi connectivity index (χ2n) is 3.36. The Balaban J connectivity index is 2.89. The van der Waals surface area contributed by atoms with Crippen molar-refractivity contribution in [1.29, 1.82) is 0 Å². The zero-order chi connectivity index (χ0) is 11.4. The molecule has 4 heteroatoms. The Labute approximate surface area is 87.2 Å². The van der Waals surface area contributed by atoms with Crippen LogP contribution in [0, 0.1) is 0 Å². The van der Waals surface area contributed by atoms with Crippen LogP contribution < -0.4 is 0 Å². The number of aryl methyl sites for hydroxylation is 1. The van der Waals surface area contributed by atoms with Crippen LogP contribution in [0.1, 0.15) is 30.6 Å². The molecular weight excluding hydrogens is 199 g/mol. The zero-order valence-electron chi connectivity index (χ0n) is 8.40. The molecule has 1 aromatic rings. The van der Waals surface area contributed by atoms with Crippen molar-refractivity contribution in [3.8, 4) is 5.75 Å². The summed E-state index contributed by atoms with van der Waals surface area (Å²) in [4.78, 5) is 10.3. The minimum atomic E-state index is -1.25. The average Bonchev–Trinajstić information content (AvgIpc) is 2.15. The van der Waals surface area contributed by atoms with Gasteiger partial charge in [-0.15, -0.1) is 0 Å². The van der Waals surface area contributed by atoms with Crippen LogP contribution in [0.15, 0.2) is 18.2 Å². The van der Waals surface area contributed by atoms with Crippen LogP contribution >= 0.6 is 0 Å². The van der Waals surface area contributed by atoms with Crippen LogP contribution in [-0.2, 0) is 11.2 Å². The molecule has 82 valence electrons. The molecule has 0 radical (unpaired) electrons. The van der Waals surface area contributed by atoms with Crippen LogP contribution in [0.25, 0.3) is 0 Å². The van der Waals surface area contributed by atoms with Crippen LogP contribution in [0.2, 0.25) is 0 Å². The summed E-state index contributed by atoms with van der Waals surface area (Å²) < 4.78 is 13.0. The normalized spacial score (nSPS) is 12.4. The highest BCUT2D eigenvalue weighted by atomic mass is 19.1. The van der Waals surface area contributed by atoms with E-state index in [2.05, 4.69) is 0 Å². The van der Waals surface area contributed by atoms with Gasteiger partial charge in [-0.3, -0.25) is 4.79 Å². The van der Waals surface area contributed by atoms with E-state index < -0.39 is 12.1 Å². The zero-order valence-corrected chi connectivity index (χ0v) is 8.40. The summed E-state index contributed by atoms with van der Waals surface area (Å²) in [5.41, 5.74) is 0.678. The van der Waals surface area contributed by atoms with Crippen molar-refractivity contribution in [1.82, 2.24) is 0 Å². The minimum absolute atomic E-state index is 0.0717. The lowest BCUT2D eigenvalue weighted by Gasteiger charge is -2.09. The number of carboxylic acid groups (broad SMARTS) is 1. The van der Waals surface area contributed by atoms with E-state index in [1.807, 2.05) is 0 Å². The number of aromatic hydroxyl groups is 1. The third kappa shape index (κ3) is 2.94. The lowest BCUT2D eigenvalue weighted by Crippen LogP contribution is -1.99. The molecule has 0 aromatic heterocycles. The Hall–Kier alpha value is -1.58. The van der Waals surface area contributed by atoms with Crippen LogP contribution in [0.4, 0.5) is 4.39 Å². The van der Waals surface area contributed by atoms with E-state index in [1.165, 1.54) is 13.0 Å². The molecule has 2 N–H and O–H groups in total. The number of hydrogen-bond acceptors (Lipinski definition) is 2. The number of rotatable bonds is 4. The van der Waals surface area contributed by atoms with Gasteiger partial charge in [0, 0.05) is 12.0 Å². The van der Waals surface area contributed by atoms with Crippen molar-refractivity contribution >= 4 is 5.97 Å². The van der Waals surface area contributed by atoms with Gasteiger partial charge in [-0.05, 0) is 18.9 Å². The van der Waals surface area contributed by atoms with E-state index in [0.29, 0.717) is 5.56 Å². The standard InChI is InChI=1S/C11H13FO3/c1-7(12)9-4-2-3-8(11(9)15)5-6-10(13)14/h2-4,7,15H,5-6H2,1H3,(H,13,14). The highest BCUT2D eigenvalue weighted by Crippen LogP contribution is 2.30. The summed E-state index contributed by atoms with van der Waals surface area (Å²) in [7, 11) is 0. The van der Waals surface area contributed by atoms with E-state index in [9.17, 15) is 14.3 Å². The average molecular weight is 212 g/mol. The number of hydrogen-bond donors (Lipinski definition) is 2. The van der Waals surface area contributed by atoms with Gasteiger partial charge in [-0.2, -0.15) is 0 Å². The molecule has 1 unspecified atom stereocenters. The first kappa shape index (κ1) is 11.5. The van der Waals surface area contributed by atoms with E-state index in [0.717, 1.165) is 0 Å². The Morgan fingerprint density at radius 3 is 2.73 bits per heavy atom. The van der Waals surface area contributed by atoms with Crippen LogP contribution in [0.5, 0.6) is 5.75 Å². The van der Waals surface area contributed by atoms with Gasteiger partial charge in [0.25, 0.3) is 0 Å². The molecule has 1 rings (SSSR count). The molecule has 0 fully saturated rings. The third-order valence-electron chi connectivity index (χ3n) is 2.19. The number of benzene rings is 1. The number of phenols is 1.